The van der Waals surface area contributed by atoms with E-state index in [1.165, 1.54) is 0 Å². The fraction of sp³-hybridized carbons (Fsp3) is 0.308. The van der Waals surface area contributed by atoms with Gasteiger partial charge >= 0.3 is 5.69 Å². The molecule has 2 aromatic rings. The molecule has 0 aliphatic carbocycles. The van der Waals surface area contributed by atoms with E-state index >= 15 is 0 Å². The number of nitrogens with zero attached hydrogens (tertiary/aromatic N) is 1. The predicted molar refractivity (Wildman–Crippen MR) is 70.6 cm³/mol. The monoisotopic (exact) mass is 274 g/mol. The predicted octanol–water partition coefficient (Wildman–Crippen LogP) is -0.0671. The summed E-state index contributed by atoms with van der Waals surface area (Å²) in [5, 5.41) is 8.89. The molecule has 3 N–H and O–H groups in total. The number of aromatic amines is 2. The fourth-order valence-electron chi connectivity index (χ4n) is 2.23. The molecule has 1 atom stereocenters. The number of amides is 1. The smallest absolute Gasteiger partial charge is 0.340 e. The van der Waals surface area contributed by atoms with Crippen LogP contribution in [-0.4, -0.2) is 34.2 Å². The fourth-order valence-corrected chi connectivity index (χ4v) is 2.23. The van der Waals surface area contributed by atoms with E-state index in [1.807, 2.05) is 24.3 Å². The number of aromatic nitrogens is 3. The second-order valence-corrected chi connectivity index (χ2v) is 4.57. The number of para-hydroxylation sites is 1. The van der Waals surface area contributed by atoms with Gasteiger partial charge in [0.15, 0.2) is 0 Å². The minimum absolute atomic E-state index is 0.0761. The van der Waals surface area contributed by atoms with Crippen LogP contribution in [0.25, 0.3) is 0 Å². The summed E-state index contributed by atoms with van der Waals surface area (Å²) in [5.41, 5.74) is 0.572. The van der Waals surface area contributed by atoms with Crippen LogP contribution in [0.15, 0.2) is 29.1 Å². The summed E-state index contributed by atoms with van der Waals surface area (Å²) in [6.07, 6.45) is 0.472. The molecule has 0 radical (unpaired) electrons. The van der Waals surface area contributed by atoms with Crippen LogP contribution in [0.2, 0.25) is 0 Å². The SMILES string of the molecule is O=C(NCCc1n[nH]c(=O)[nH]1)C1COc2ccccc21. The maximum Gasteiger partial charge on any atom is 0.340 e. The molecule has 0 saturated carbocycles. The molecule has 20 heavy (non-hydrogen) atoms. The number of benzene rings is 1. The number of hydrogen-bond acceptors (Lipinski definition) is 4. The first-order chi connectivity index (χ1) is 9.74. The number of carbonyl (C=O) groups is 1. The van der Waals surface area contributed by atoms with Gasteiger partial charge in [0.25, 0.3) is 0 Å². The van der Waals surface area contributed by atoms with Crippen molar-refractivity contribution in [3.8, 4) is 5.75 Å². The van der Waals surface area contributed by atoms with Gasteiger partial charge in [-0.1, -0.05) is 18.2 Å². The van der Waals surface area contributed by atoms with Crippen LogP contribution in [-0.2, 0) is 11.2 Å². The van der Waals surface area contributed by atoms with Gasteiger partial charge in [-0.3, -0.25) is 9.78 Å². The maximum atomic E-state index is 12.1. The molecule has 1 aliphatic rings. The molecule has 1 unspecified atom stereocenters. The van der Waals surface area contributed by atoms with Gasteiger partial charge in [-0.2, -0.15) is 5.10 Å². The molecule has 7 heteroatoms. The Kier molecular flexibility index (Phi) is 3.24. The van der Waals surface area contributed by atoms with Crippen molar-refractivity contribution >= 4 is 5.91 Å². The summed E-state index contributed by atoms with van der Waals surface area (Å²) in [6, 6.07) is 7.53. The Morgan fingerprint density at radius 1 is 1.45 bits per heavy atom. The van der Waals surface area contributed by atoms with Crippen LogP contribution in [0.4, 0.5) is 0 Å². The van der Waals surface area contributed by atoms with Gasteiger partial charge in [0.1, 0.15) is 24.1 Å². The first-order valence-corrected chi connectivity index (χ1v) is 6.37. The average Bonchev–Trinajstić information content (AvgIpc) is 3.05. The molecular formula is C13H14N4O3. The highest BCUT2D eigenvalue weighted by atomic mass is 16.5. The van der Waals surface area contributed by atoms with E-state index in [4.69, 9.17) is 4.74 Å². The molecule has 2 heterocycles. The number of hydrogen-bond donors (Lipinski definition) is 3. The van der Waals surface area contributed by atoms with Crippen LogP contribution < -0.4 is 15.7 Å². The highest BCUT2D eigenvalue weighted by Crippen LogP contribution is 2.33. The Balaban J connectivity index is 1.57. The van der Waals surface area contributed by atoms with Gasteiger partial charge < -0.3 is 10.1 Å². The number of H-pyrrole nitrogens is 2. The van der Waals surface area contributed by atoms with Crippen LogP contribution in [0.1, 0.15) is 17.3 Å². The van der Waals surface area contributed by atoms with E-state index in [9.17, 15) is 9.59 Å². The third-order valence-electron chi connectivity index (χ3n) is 3.23. The Labute approximate surface area is 114 Å². The van der Waals surface area contributed by atoms with Crippen molar-refractivity contribution in [3.63, 3.8) is 0 Å². The summed E-state index contributed by atoms with van der Waals surface area (Å²) in [4.78, 5) is 25.5. The summed E-state index contributed by atoms with van der Waals surface area (Å²) in [5.74, 6) is 0.944. The van der Waals surface area contributed by atoms with E-state index in [0.29, 0.717) is 25.4 Å². The minimum atomic E-state index is -0.343. The van der Waals surface area contributed by atoms with Gasteiger partial charge in [-0.15, -0.1) is 0 Å². The molecule has 1 amide bonds. The van der Waals surface area contributed by atoms with Crippen molar-refractivity contribution in [2.45, 2.75) is 12.3 Å². The molecule has 1 aromatic heterocycles. The number of nitrogens with one attached hydrogen (secondary N) is 3. The molecule has 3 rings (SSSR count). The summed E-state index contributed by atoms with van der Waals surface area (Å²) in [7, 11) is 0. The zero-order valence-electron chi connectivity index (χ0n) is 10.7. The van der Waals surface area contributed by atoms with Crippen molar-refractivity contribution in [1.29, 1.82) is 0 Å². The van der Waals surface area contributed by atoms with Gasteiger partial charge in [0.05, 0.1) is 0 Å². The summed E-state index contributed by atoms with van der Waals surface area (Å²) >= 11 is 0. The molecule has 0 spiro atoms. The zero-order valence-corrected chi connectivity index (χ0v) is 10.7. The van der Waals surface area contributed by atoms with E-state index in [1.54, 1.807) is 0 Å². The highest BCUT2D eigenvalue weighted by molar-refractivity contribution is 5.85. The van der Waals surface area contributed by atoms with Gasteiger partial charge in [0, 0.05) is 18.5 Å². The van der Waals surface area contributed by atoms with Crippen molar-refractivity contribution in [2.24, 2.45) is 0 Å². The highest BCUT2D eigenvalue weighted by Gasteiger charge is 2.29. The molecule has 7 nitrogen and oxygen atoms in total. The van der Waals surface area contributed by atoms with Gasteiger partial charge in [-0.05, 0) is 6.07 Å². The van der Waals surface area contributed by atoms with Crippen molar-refractivity contribution < 1.29 is 9.53 Å². The number of rotatable bonds is 4. The molecule has 0 fully saturated rings. The zero-order chi connectivity index (χ0) is 13.9. The Hall–Kier alpha value is -2.57. The molecule has 104 valence electrons. The topological polar surface area (TPSA) is 99.9 Å². The van der Waals surface area contributed by atoms with Crippen molar-refractivity contribution in [2.75, 3.05) is 13.2 Å². The Bertz CT molecular complexity index is 676. The Morgan fingerprint density at radius 3 is 3.10 bits per heavy atom. The lowest BCUT2D eigenvalue weighted by Gasteiger charge is -2.09. The molecular weight excluding hydrogens is 260 g/mol. The van der Waals surface area contributed by atoms with Crippen LogP contribution in [0.3, 0.4) is 0 Å². The van der Waals surface area contributed by atoms with Crippen molar-refractivity contribution in [1.82, 2.24) is 20.5 Å². The maximum absolute atomic E-state index is 12.1. The second-order valence-electron chi connectivity index (χ2n) is 4.57. The first kappa shape index (κ1) is 12.5. The van der Waals surface area contributed by atoms with Gasteiger partial charge in [-0.25, -0.2) is 9.89 Å². The molecule has 1 aliphatic heterocycles. The van der Waals surface area contributed by atoms with E-state index in [-0.39, 0.29) is 17.5 Å². The minimum Gasteiger partial charge on any atom is -0.492 e. The van der Waals surface area contributed by atoms with Crippen LogP contribution >= 0.6 is 0 Å². The first-order valence-electron chi connectivity index (χ1n) is 6.37. The molecule has 1 aromatic carbocycles. The number of ether oxygens (including phenoxy) is 1. The average molecular weight is 274 g/mol. The summed E-state index contributed by atoms with van der Waals surface area (Å²) in [6.45, 7) is 0.780. The number of carbonyl (C=O) groups excluding carboxylic acids is 1. The molecule has 0 saturated heterocycles. The third kappa shape index (κ3) is 2.42. The van der Waals surface area contributed by atoms with Crippen LogP contribution in [0, 0.1) is 0 Å². The normalized spacial score (nSPS) is 16.5. The van der Waals surface area contributed by atoms with E-state index < -0.39 is 0 Å². The molecule has 0 bridgehead atoms. The summed E-state index contributed by atoms with van der Waals surface area (Å²) < 4.78 is 5.47. The number of fused-ring (bicyclic) bond motifs is 1. The van der Waals surface area contributed by atoms with Crippen LogP contribution in [0.5, 0.6) is 5.75 Å². The quantitative estimate of drug-likeness (QED) is 0.726. The largest absolute Gasteiger partial charge is 0.492 e. The third-order valence-corrected chi connectivity index (χ3v) is 3.23. The van der Waals surface area contributed by atoms with E-state index in [2.05, 4.69) is 20.5 Å². The lowest BCUT2D eigenvalue weighted by atomic mass is 10.0. The lowest BCUT2D eigenvalue weighted by molar-refractivity contribution is -0.122. The van der Waals surface area contributed by atoms with Crippen molar-refractivity contribution in [3.05, 3.63) is 46.1 Å². The lowest BCUT2D eigenvalue weighted by Crippen LogP contribution is -2.31. The standard InChI is InChI=1S/C13H14N4O3/c18-12(14-6-5-11-15-13(19)17-16-11)9-7-20-10-4-2-1-3-8(9)10/h1-4,9H,5-7H2,(H,14,18)(H2,15,16,17,19). The Morgan fingerprint density at radius 2 is 2.30 bits per heavy atom. The van der Waals surface area contributed by atoms with E-state index in [0.717, 1.165) is 11.3 Å². The van der Waals surface area contributed by atoms with Gasteiger partial charge in [0.2, 0.25) is 5.91 Å². The second kappa shape index (κ2) is 5.20.